The summed E-state index contributed by atoms with van der Waals surface area (Å²) in [5, 5.41) is 2.79. The van der Waals surface area contributed by atoms with Crippen molar-refractivity contribution in [3.05, 3.63) is 0 Å². The van der Waals surface area contributed by atoms with Crippen LogP contribution in [0.3, 0.4) is 0 Å². The highest BCUT2D eigenvalue weighted by Gasteiger charge is 2.15. The lowest BCUT2D eigenvalue weighted by molar-refractivity contribution is -0.124. The lowest BCUT2D eigenvalue weighted by Crippen LogP contribution is -2.48. The van der Waals surface area contributed by atoms with E-state index in [1.807, 2.05) is 6.92 Å². The molecule has 1 aliphatic heterocycles. The van der Waals surface area contributed by atoms with Gasteiger partial charge in [-0.15, -0.1) is 0 Å². The lowest BCUT2D eigenvalue weighted by Gasteiger charge is -2.26. The first-order chi connectivity index (χ1) is 5.68. The van der Waals surface area contributed by atoms with Crippen molar-refractivity contribution in [1.82, 2.24) is 10.2 Å². The van der Waals surface area contributed by atoms with E-state index >= 15 is 0 Å². The predicted octanol–water partition coefficient (Wildman–Crippen LogP) is -0.844. The number of piperazine rings is 1. The van der Waals surface area contributed by atoms with Gasteiger partial charge >= 0.3 is 0 Å². The van der Waals surface area contributed by atoms with Gasteiger partial charge in [0.25, 0.3) is 0 Å². The van der Waals surface area contributed by atoms with Crippen LogP contribution in [0.1, 0.15) is 13.3 Å². The van der Waals surface area contributed by atoms with Crippen LogP contribution in [0.4, 0.5) is 0 Å². The van der Waals surface area contributed by atoms with E-state index in [2.05, 4.69) is 10.2 Å². The number of carbonyl (C=O) groups excluding carboxylic acids is 1. The molecule has 1 heterocycles. The number of amides is 1. The van der Waals surface area contributed by atoms with E-state index in [9.17, 15) is 4.79 Å². The lowest BCUT2D eigenvalue weighted by atomic mass is 10.2. The molecular formula is C8H17N3O. The summed E-state index contributed by atoms with van der Waals surface area (Å²) < 4.78 is 0. The Balaban J connectivity index is 2.18. The van der Waals surface area contributed by atoms with Crippen molar-refractivity contribution in [1.29, 1.82) is 0 Å². The van der Waals surface area contributed by atoms with Gasteiger partial charge in [-0.1, -0.05) is 0 Å². The third-order valence-corrected chi connectivity index (χ3v) is 2.02. The molecule has 12 heavy (non-hydrogen) atoms. The summed E-state index contributed by atoms with van der Waals surface area (Å²) in [6.45, 7) is 5.19. The van der Waals surface area contributed by atoms with Gasteiger partial charge in [-0.25, -0.2) is 0 Å². The highest BCUT2D eigenvalue weighted by molar-refractivity contribution is 5.78. The molecule has 1 fully saturated rings. The van der Waals surface area contributed by atoms with Gasteiger partial charge in [0.15, 0.2) is 0 Å². The molecule has 1 amide bonds. The molecular weight excluding hydrogens is 154 g/mol. The topological polar surface area (TPSA) is 58.4 Å². The molecule has 0 aliphatic carbocycles. The van der Waals surface area contributed by atoms with Crippen molar-refractivity contribution in [3.63, 3.8) is 0 Å². The molecule has 1 unspecified atom stereocenters. The molecule has 1 aliphatic rings. The van der Waals surface area contributed by atoms with Crippen LogP contribution in [-0.4, -0.2) is 43.0 Å². The minimum Gasteiger partial charge on any atom is -0.354 e. The number of carbonyl (C=O) groups is 1. The van der Waals surface area contributed by atoms with Crippen LogP contribution in [-0.2, 0) is 4.79 Å². The smallest absolute Gasteiger partial charge is 0.234 e. The molecule has 4 nitrogen and oxygen atoms in total. The van der Waals surface area contributed by atoms with Crippen molar-refractivity contribution in [2.75, 3.05) is 26.2 Å². The number of rotatable bonds is 3. The first-order valence-electron chi connectivity index (χ1n) is 4.43. The monoisotopic (exact) mass is 171 g/mol. The summed E-state index contributed by atoms with van der Waals surface area (Å²) in [6.07, 6.45) is 0.966. The molecule has 0 saturated carbocycles. The Kier molecular flexibility index (Phi) is 3.49. The average molecular weight is 171 g/mol. The molecule has 0 aromatic carbocycles. The number of nitrogens with two attached hydrogens (primary N) is 1. The maximum Gasteiger partial charge on any atom is 0.234 e. The van der Waals surface area contributed by atoms with E-state index in [-0.39, 0.29) is 11.9 Å². The first-order valence-corrected chi connectivity index (χ1v) is 4.43. The quantitative estimate of drug-likeness (QED) is 0.582. The van der Waals surface area contributed by atoms with Gasteiger partial charge in [0.05, 0.1) is 6.54 Å². The van der Waals surface area contributed by atoms with Crippen molar-refractivity contribution in [2.45, 2.75) is 19.4 Å². The van der Waals surface area contributed by atoms with Crippen LogP contribution in [0.15, 0.2) is 0 Å². The van der Waals surface area contributed by atoms with Crippen molar-refractivity contribution in [2.24, 2.45) is 5.73 Å². The Morgan fingerprint density at radius 2 is 2.50 bits per heavy atom. The Hall–Kier alpha value is -0.610. The van der Waals surface area contributed by atoms with Gasteiger partial charge < -0.3 is 11.1 Å². The van der Waals surface area contributed by atoms with Crippen molar-refractivity contribution in [3.8, 4) is 0 Å². The molecule has 1 saturated heterocycles. The molecule has 3 N–H and O–H groups in total. The van der Waals surface area contributed by atoms with Crippen molar-refractivity contribution >= 4 is 5.91 Å². The molecule has 1 rings (SSSR count). The third kappa shape index (κ3) is 3.19. The molecule has 1 atom stereocenters. The van der Waals surface area contributed by atoms with Gasteiger partial charge in [0.2, 0.25) is 5.91 Å². The zero-order chi connectivity index (χ0) is 8.97. The van der Waals surface area contributed by atoms with E-state index in [4.69, 9.17) is 5.73 Å². The maximum atomic E-state index is 10.9. The standard InChI is InChI=1S/C8H17N3O/c1-7(9)2-4-11-5-3-10-8(12)6-11/h7H,2-6,9H2,1H3,(H,10,12). The normalized spacial score (nSPS) is 22.0. The van der Waals surface area contributed by atoms with Gasteiger partial charge in [0, 0.05) is 25.7 Å². The Morgan fingerprint density at radius 1 is 1.75 bits per heavy atom. The SMILES string of the molecule is CC(N)CCN1CCNC(=O)C1. The second-order valence-electron chi connectivity index (χ2n) is 3.39. The first kappa shape index (κ1) is 9.48. The van der Waals surface area contributed by atoms with Gasteiger partial charge in [0.1, 0.15) is 0 Å². The summed E-state index contributed by atoms with van der Waals surface area (Å²) in [5.74, 6) is 0.130. The summed E-state index contributed by atoms with van der Waals surface area (Å²) >= 11 is 0. The largest absolute Gasteiger partial charge is 0.354 e. The molecule has 0 aromatic heterocycles. The van der Waals surface area contributed by atoms with Crippen LogP contribution in [0, 0.1) is 0 Å². The number of nitrogens with zero attached hydrogens (tertiary/aromatic N) is 1. The summed E-state index contributed by atoms with van der Waals surface area (Å²) in [4.78, 5) is 13.1. The van der Waals surface area contributed by atoms with E-state index < -0.39 is 0 Å². The van der Waals surface area contributed by atoms with Crippen LogP contribution in [0.5, 0.6) is 0 Å². The van der Waals surface area contributed by atoms with Crippen LogP contribution in [0.25, 0.3) is 0 Å². The fourth-order valence-electron chi connectivity index (χ4n) is 1.27. The predicted molar refractivity (Wildman–Crippen MR) is 47.7 cm³/mol. The van der Waals surface area contributed by atoms with E-state index in [0.29, 0.717) is 6.54 Å². The van der Waals surface area contributed by atoms with Gasteiger partial charge in [-0.3, -0.25) is 9.69 Å². The Bertz CT molecular complexity index is 158. The van der Waals surface area contributed by atoms with E-state index in [1.54, 1.807) is 0 Å². The Morgan fingerprint density at radius 3 is 3.08 bits per heavy atom. The highest BCUT2D eigenvalue weighted by Crippen LogP contribution is 1.96. The minimum atomic E-state index is 0.130. The van der Waals surface area contributed by atoms with Crippen LogP contribution >= 0.6 is 0 Å². The maximum absolute atomic E-state index is 10.9. The minimum absolute atomic E-state index is 0.130. The van der Waals surface area contributed by atoms with Crippen LogP contribution < -0.4 is 11.1 Å². The zero-order valence-corrected chi connectivity index (χ0v) is 7.55. The Labute approximate surface area is 73.1 Å². The fraction of sp³-hybridized carbons (Fsp3) is 0.875. The zero-order valence-electron chi connectivity index (χ0n) is 7.55. The van der Waals surface area contributed by atoms with Crippen molar-refractivity contribution < 1.29 is 4.79 Å². The van der Waals surface area contributed by atoms with Gasteiger partial charge in [-0.2, -0.15) is 0 Å². The highest BCUT2D eigenvalue weighted by atomic mass is 16.2. The number of nitrogens with one attached hydrogen (secondary N) is 1. The molecule has 70 valence electrons. The second-order valence-corrected chi connectivity index (χ2v) is 3.39. The molecule has 0 bridgehead atoms. The van der Waals surface area contributed by atoms with Gasteiger partial charge in [-0.05, 0) is 13.3 Å². The summed E-state index contributed by atoms with van der Waals surface area (Å²) in [7, 11) is 0. The number of hydrogen-bond acceptors (Lipinski definition) is 3. The third-order valence-electron chi connectivity index (χ3n) is 2.02. The molecule has 0 aromatic rings. The second kappa shape index (κ2) is 4.42. The summed E-state index contributed by atoms with van der Waals surface area (Å²) in [5.41, 5.74) is 5.62. The van der Waals surface area contributed by atoms with E-state index in [0.717, 1.165) is 26.1 Å². The van der Waals surface area contributed by atoms with E-state index in [1.165, 1.54) is 0 Å². The molecule has 0 spiro atoms. The van der Waals surface area contributed by atoms with Crippen LogP contribution in [0.2, 0.25) is 0 Å². The molecule has 0 radical (unpaired) electrons. The average Bonchev–Trinajstić information content (AvgIpc) is 2.01. The summed E-state index contributed by atoms with van der Waals surface area (Å²) in [6, 6.07) is 0.231. The number of hydrogen-bond donors (Lipinski definition) is 2. The molecule has 4 heteroatoms. The fourth-order valence-corrected chi connectivity index (χ4v) is 1.27.